The molecule has 5 rings (SSSR count). The molecular weight excluding hydrogens is 348 g/mol. The standard InChI is InChI=1S/C22H16N6/c1-3-10-18(11-4-1)22(16-24-27-26-22)28(19-12-5-2-6-13-19)21-23-15-17-9-7-8-14-20(17)25-21/h1-16H. The molecule has 1 aliphatic heterocycles. The number of para-hydroxylation sites is 2. The molecule has 0 radical (unpaired) electrons. The molecule has 1 aliphatic rings. The predicted octanol–water partition coefficient (Wildman–Crippen LogP) is 5.07. The molecule has 0 aliphatic carbocycles. The molecule has 0 amide bonds. The van der Waals surface area contributed by atoms with Crippen molar-refractivity contribution in [3.63, 3.8) is 0 Å². The van der Waals surface area contributed by atoms with Crippen molar-refractivity contribution in [1.82, 2.24) is 9.97 Å². The second-order valence-corrected chi connectivity index (χ2v) is 6.43. The van der Waals surface area contributed by atoms with Crippen LogP contribution in [0.4, 0.5) is 11.6 Å². The summed E-state index contributed by atoms with van der Waals surface area (Å²) in [7, 11) is 0. The third-order valence-electron chi connectivity index (χ3n) is 4.72. The molecule has 2 heterocycles. The number of benzene rings is 3. The van der Waals surface area contributed by atoms with Gasteiger partial charge in [-0.25, -0.2) is 9.97 Å². The van der Waals surface area contributed by atoms with Gasteiger partial charge in [-0.15, -0.1) is 10.2 Å². The van der Waals surface area contributed by atoms with E-state index in [1.165, 1.54) is 0 Å². The molecule has 134 valence electrons. The number of nitrogens with zero attached hydrogens (tertiary/aromatic N) is 6. The van der Waals surface area contributed by atoms with E-state index in [0.717, 1.165) is 22.2 Å². The Bertz CT molecular complexity index is 1160. The monoisotopic (exact) mass is 364 g/mol. The number of fused-ring (bicyclic) bond motifs is 1. The van der Waals surface area contributed by atoms with E-state index in [1.807, 2.05) is 96.0 Å². The highest BCUT2D eigenvalue weighted by Crippen LogP contribution is 2.40. The zero-order valence-electron chi connectivity index (χ0n) is 14.9. The second kappa shape index (κ2) is 6.66. The van der Waals surface area contributed by atoms with Crippen LogP contribution in [0.1, 0.15) is 5.56 Å². The van der Waals surface area contributed by atoms with Crippen LogP contribution in [0.3, 0.4) is 0 Å². The average molecular weight is 364 g/mol. The van der Waals surface area contributed by atoms with E-state index >= 15 is 0 Å². The fraction of sp³-hybridized carbons (Fsp3) is 0.0455. The van der Waals surface area contributed by atoms with Gasteiger partial charge in [-0.1, -0.05) is 66.7 Å². The average Bonchev–Trinajstić information content (AvgIpc) is 3.26. The predicted molar refractivity (Wildman–Crippen MR) is 110 cm³/mol. The fourth-order valence-corrected chi connectivity index (χ4v) is 3.39. The van der Waals surface area contributed by atoms with Gasteiger partial charge in [0.25, 0.3) is 0 Å². The van der Waals surface area contributed by atoms with E-state index in [4.69, 9.17) is 4.98 Å². The maximum Gasteiger partial charge on any atom is 0.233 e. The summed E-state index contributed by atoms with van der Waals surface area (Å²) in [4.78, 5) is 11.4. The van der Waals surface area contributed by atoms with Gasteiger partial charge in [0.05, 0.1) is 11.7 Å². The van der Waals surface area contributed by atoms with Gasteiger partial charge in [0.1, 0.15) is 0 Å². The van der Waals surface area contributed by atoms with Crippen LogP contribution in [0.2, 0.25) is 0 Å². The zero-order chi connectivity index (χ0) is 18.8. The van der Waals surface area contributed by atoms with E-state index in [-0.39, 0.29) is 0 Å². The molecule has 1 unspecified atom stereocenters. The first-order chi connectivity index (χ1) is 13.9. The first kappa shape index (κ1) is 16.3. The van der Waals surface area contributed by atoms with Crippen molar-refractivity contribution < 1.29 is 0 Å². The number of rotatable bonds is 4. The van der Waals surface area contributed by atoms with Gasteiger partial charge >= 0.3 is 0 Å². The first-order valence-electron chi connectivity index (χ1n) is 8.96. The van der Waals surface area contributed by atoms with Crippen LogP contribution in [-0.4, -0.2) is 16.2 Å². The first-order valence-corrected chi connectivity index (χ1v) is 8.96. The third-order valence-corrected chi connectivity index (χ3v) is 4.72. The summed E-state index contributed by atoms with van der Waals surface area (Å²) in [6, 6.07) is 27.8. The highest BCUT2D eigenvalue weighted by molar-refractivity contribution is 5.85. The minimum absolute atomic E-state index is 0.529. The molecule has 3 aromatic carbocycles. The smallest absolute Gasteiger partial charge is 0.233 e. The van der Waals surface area contributed by atoms with Gasteiger partial charge in [0.15, 0.2) is 0 Å². The maximum atomic E-state index is 4.82. The highest BCUT2D eigenvalue weighted by atomic mass is 15.5. The van der Waals surface area contributed by atoms with Crippen LogP contribution in [0.5, 0.6) is 0 Å². The van der Waals surface area contributed by atoms with Crippen molar-refractivity contribution in [2.75, 3.05) is 4.90 Å². The summed E-state index contributed by atoms with van der Waals surface area (Å²) < 4.78 is 0. The van der Waals surface area contributed by atoms with Crippen LogP contribution in [-0.2, 0) is 5.66 Å². The summed E-state index contributed by atoms with van der Waals surface area (Å²) in [5.41, 5.74) is 1.74. The van der Waals surface area contributed by atoms with Crippen molar-refractivity contribution in [1.29, 1.82) is 0 Å². The third kappa shape index (κ3) is 2.63. The van der Waals surface area contributed by atoms with Gasteiger partial charge in [-0.3, -0.25) is 4.90 Å². The van der Waals surface area contributed by atoms with Crippen molar-refractivity contribution in [2.24, 2.45) is 15.4 Å². The van der Waals surface area contributed by atoms with Gasteiger partial charge in [-0.05, 0) is 23.4 Å². The minimum Gasteiger partial charge on any atom is -0.275 e. The van der Waals surface area contributed by atoms with E-state index < -0.39 is 5.66 Å². The number of hydrogen-bond acceptors (Lipinski definition) is 6. The molecule has 6 nitrogen and oxygen atoms in total. The Labute approximate surface area is 161 Å². The van der Waals surface area contributed by atoms with Crippen LogP contribution in [0, 0.1) is 0 Å². The van der Waals surface area contributed by atoms with E-state index in [2.05, 4.69) is 20.4 Å². The molecule has 0 spiro atoms. The summed E-state index contributed by atoms with van der Waals surface area (Å²) in [6.07, 6.45) is 3.56. The SMILES string of the molecule is C1=NN=NC1(c1ccccc1)N(c1ccccc1)c1ncc2ccccc2n1. The maximum absolute atomic E-state index is 4.82. The minimum atomic E-state index is -0.953. The Morgan fingerprint density at radius 1 is 0.750 bits per heavy atom. The fourth-order valence-electron chi connectivity index (χ4n) is 3.39. The lowest BCUT2D eigenvalue weighted by Crippen LogP contribution is -2.43. The molecule has 1 aromatic heterocycles. The molecule has 0 saturated heterocycles. The highest BCUT2D eigenvalue weighted by Gasteiger charge is 2.43. The van der Waals surface area contributed by atoms with Crippen LogP contribution in [0.25, 0.3) is 10.9 Å². The molecule has 1 atom stereocenters. The zero-order valence-corrected chi connectivity index (χ0v) is 14.9. The van der Waals surface area contributed by atoms with Crippen molar-refractivity contribution in [2.45, 2.75) is 5.66 Å². The molecule has 28 heavy (non-hydrogen) atoms. The Balaban J connectivity index is 1.77. The van der Waals surface area contributed by atoms with Crippen LogP contribution in [0.15, 0.2) is 107 Å². The Kier molecular flexibility index (Phi) is 3.87. The molecule has 0 N–H and O–H groups in total. The van der Waals surface area contributed by atoms with E-state index in [1.54, 1.807) is 6.21 Å². The normalized spacial score (nSPS) is 17.9. The molecular formula is C22H16N6. The lowest BCUT2D eigenvalue weighted by molar-refractivity contribution is 0.600. The molecule has 6 heteroatoms. The quantitative estimate of drug-likeness (QED) is 0.507. The van der Waals surface area contributed by atoms with Gasteiger partial charge in [0.2, 0.25) is 11.6 Å². The molecule has 4 aromatic rings. The second-order valence-electron chi connectivity index (χ2n) is 6.43. The molecule has 0 bridgehead atoms. The number of aromatic nitrogens is 2. The summed E-state index contributed by atoms with van der Waals surface area (Å²) in [5.74, 6) is 0.529. The largest absolute Gasteiger partial charge is 0.275 e. The van der Waals surface area contributed by atoms with Gasteiger partial charge < -0.3 is 0 Å². The lowest BCUT2D eigenvalue weighted by atomic mass is 9.98. The van der Waals surface area contributed by atoms with Crippen LogP contribution >= 0.6 is 0 Å². The number of anilines is 2. The number of hydrogen-bond donors (Lipinski definition) is 0. The summed E-state index contributed by atoms with van der Waals surface area (Å²) in [5, 5.41) is 13.5. The van der Waals surface area contributed by atoms with Crippen molar-refractivity contribution in [3.05, 3.63) is 96.7 Å². The summed E-state index contributed by atoms with van der Waals surface area (Å²) in [6.45, 7) is 0. The Morgan fingerprint density at radius 3 is 2.21 bits per heavy atom. The van der Waals surface area contributed by atoms with Gasteiger partial charge in [-0.2, -0.15) is 0 Å². The summed E-state index contributed by atoms with van der Waals surface area (Å²) >= 11 is 0. The van der Waals surface area contributed by atoms with E-state index in [0.29, 0.717) is 5.95 Å². The van der Waals surface area contributed by atoms with Crippen molar-refractivity contribution in [3.8, 4) is 0 Å². The Morgan fingerprint density at radius 2 is 1.46 bits per heavy atom. The van der Waals surface area contributed by atoms with Gasteiger partial charge in [0, 0.05) is 22.8 Å². The lowest BCUT2D eigenvalue weighted by Gasteiger charge is -2.35. The topological polar surface area (TPSA) is 66.1 Å². The molecule has 0 fully saturated rings. The Hall–Kier alpha value is -3.93. The van der Waals surface area contributed by atoms with Crippen LogP contribution < -0.4 is 4.90 Å². The molecule has 0 saturated carbocycles. The van der Waals surface area contributed by atoms with Crippen molar-refractivity contribution >= 4 is 28.8 Å². The van der Waals surface area contributed by atoms with E-state index in [9.17, 15) is 0 Å².